The number of aromatic nitrogens is 4. The summed E-state index contributed by atoms with van der Waals surface area (Å²) in [5, 5.41) is 47.8. The molecule has 240 valence electrons. The number of aromatic carboxylic acids is 1. The lowest BCUT2D eigenvalue weighted by Gasteiger charge is -2.18. The van der Waals surface area contributed by atoms with Gasteiger partial charge in [0.15, 0.2) is 0 Å². The fraction of sp³-hybridized carbons (Fsp3) is 0.0882. The molecule has 0 radical (unpaired) electrons. The molecule has 3 N–H and O–H groups in total. The minimum Gasteiger partial charge on any atom is -0.506 e. The first-order valence-corrected chi connectivity index (χ1v) is 15.3. The average Bonchev–Trinajstić information content (AvgIpc) is 3.49. The number of aryl methyl sites for hydroxylation is 2. The smallest absolute Gasteiger partial charge is 0.335 e. The highest BCUT2D eigenvalue weighted by Crippen LogP contribution is 2.44. The number of nitrogens with one attached hydrogen (secondary N) is 1. The van der Waals surface area contributed by atoms with E-state index in [9.17, 15) is 24.8 Å². The number of fused-ring (bicyclic) bond motifs is 1. The van der Waals surface area contributed by atoms with Crippen LogP contribution in [0.15, 0.2) is 102 Å². The number of carbonyl (C=O) groups excluding carboxylic acids is 1. The first-order valence-electron chi connectivity index (χ1n) is 14.4. The molecule has 0 saturated carbocycles. The monoisotopic (exact) mass is 662 g/mol. The summed E-state index contributed by atoms with van der Waals surface area (Å²) in [6.45, 7) is 1.97. The molecule has 1 aromatic heterocycles. The number of nitro groups is 1. The average molecular weight is 663 g/mol. The highest BCUT2D eigenvalue weighted by atomic mass is 32.2. The van der Waals surface area contributed by atoms with Crippen LogP contribution in [-0.2, 0) is 7.05 Å². The van der Waals surface area contributed by atoms with Crippen molar-refractivity contribution in [1.29, 1.82) is 0 Å². The molecule has 6 aromatic rings. The molecule has 1 unspecified atom stereocenters. The van der Waals surface area contributed by atoms with Crippen LogP contribution in [0.3, 0.4) is 0 Å². The van der Waals surface area contributed by atoms with Gasteiger partial charge in [0.25, 0.3) is 5.91 Å². The Morgan fingerprint density at radius 2 is 1.62 bits per heavy atom. The van der Waals surface area contributed by atoms with Gasteiger partial charge in [-0.25, -0.2) is 9.48 Å². The minimum atomic E-state index is -1.11. The third kappa shape index (κ3) is 6.50. The summed E-state index contributed by atoms with van der Waals surface area (Å²) < 4.78 is 7.68. The molecular formula is C34H26N6O7S. The Morgan fingerprint density at radius 1 is 0.938 bits per heavy atom. The molecule has 14 heteroatoms. The first-order chi connectivity index (χ1) is 23.1. The van der Waals surface area contributed by atoms with Gasteiger partial charge in [-0.2, -0.15) is 0 Å². The second kappa shape index (κ2) is 13.2. The second-order valence-corrected chi connectivity index (χ2v) is 11.8. The van der Waals surface area contributed by atoms with Crippen molar-refractivity contribution in [2.75, 3.05) is 5.32 Å². The van der Waals surface area contributed by atoms with E-state index in [0.29, 0.717) is 21.8 Å². The van der Waals surface area contributed by atoms with E-state index in [1.165, 1.54) is 58.9 Å². The number of ether oxygens (including phenoxy) is 1. The lowest BCUT2D eigenvalue weighted by atomic mass is 10.0. The normalized spacial score (nSPS) is 11.6. The zero-order chi connectivity index (χ0) is 33.9. The van der Waals surface area contributed by atoms with Crippen LogP contribution >= 0.6 is 11.8 Å². The third-order valence-electron chi connectivity index (χ3n) is 7.50. The van der Waals surface area contributed by atoms with Crippen LogP contribution < -0.4 is 10.1 Å². The molecule has 6 rings (SSSR count). The van der Waals surface area contributed by atoms with Gasteiger partial charge in [0.05, 0.1) is 21.3 Å². The molecule has 1 amide bonds. The first kappa shape index (κ1) is 31.7. The lowest BCUT2D eigenvalue weighted by Crippen LogP contribution is -2.12. The van der Waals surface area contributed by atoms with Crippen molar-refractivity contribution in [3.63, 3.8) is 0 Å². The predicted molar refractivity (Wildman–Crippen MR) is 178 cm³/mol. The van der Waals surface area contributed by atoms with E-state index in [1.807, 2.05) is 31.2 Å². The van der Waals surface area contributed by atoms with Gasteiger partial charge < -0.3 is 20.3 Å². The standard InChI is InChI=1S/C34H26N6O7S/c1-19-7-9-20(10-8-19)31(48-34-36-37-38-39(34)2)22-13-16-28(27(17-22)40(45)46)47-29-18-26(30(41)25-6-4-3-5-24(25)29)32(42)35-23-14-11-21(12-15-23)33(43)44/h3-18,31,41H,1-2H3,(H,35,42)(H,43,44). The summed E-state index contributed by atoms with van der Waals surface area (Å²) in [6.07, 6.45) is 0. The van der Waals surface area contributed by atoms with E-state index in [-0.39, 0.29) is 39.4 Å². The zero-order valence-corrected chi connectivity index (χ0v) is 26.2. The van der Waals surface area contributed by atoms with E-state index in [2.05, 4.69) is 20.8 Å². The topological polar surface area (TPSA) is 183 Å². The molecule has 0 aliphatic carbocycles. The third-order valence-corrected chi connectivity index (χ3v) is 8.84. The van der Waals surface area contributed by atoms with Gasteiger partial charge in [0, 0.05) is 29.6 Å². The van der Waals surface area contributed by atoms with E-state index in [0.717, 1.165) is 11.1 Å². The van der Waals surface area contributed by atoms with E-state index in [1.54, 1.807) is 37.4 Å². The number of carboxylic acids is 1. The van der Waals surface area contributed by atoms with Crippen molar-refractivity contribution in [3.8, 4) is 17.2 Å². The quantitative estimate of drug-likeness (QED) is 0.0787. The molecule has 0 aliphatic rings. The number of benzene rings is 5. The number of rotatable bonds is 10. The largest absolute Gasteiger partial charge is 0.506 e. The van der Waals surface area contributed by atoms with Crippen LogP contribution in [0.5, 0.6) is 17.2 Å². The van der Waals surface area contributed by atoms with Crippen molar-refractivity contribution in [2.24, 2.45) is 7.05 Å². The number of anilines is 1. The highest BCUT2D eigenvalue weighted by molar-refractivity contribution is 7.99. The Balaban J connectivity index is 1.38. The van der Waals surface area contributed by atoms with Crippen LogP contribution in [0.2, 0.25) is 0 Å². The Morgan fingerprint density at radius 3 is 2.27 bits per heavy atom. The van der Waals surface area contributed by atoms with Gasteiger partial charge in [0.1, 0.15) is 11.5 Å². The second-order valence-electron chi connectivity index (χ2n) is 10.7. The molecule has 0 aliphatic heterocycles. The molecule has 0 bridgehead atoms. The fourth-order valence-electron chi connectivity index (χ4n) is 5.02. The number of nitro benzene ring substituents is 1. The molecule has 13 nitrogen and oxygen atoms in total. The number of thioether (sulfide) groups is 1. The van der Waals surface area contributed by atoms with Gasteiger partial charge in [-0.1, -0.05) is 71.9 Å². The van der Waals surface area contributed by atoms with Gasteiger partial charge in [-0.15, -0.1) is 5.10 Å². The molecule has 0 spiro atoms. The maximum Gasteiger partial charge on any atom is 0.335 e. The number of aromatic hydroxyl groups is 1. The number of nitrogens with zero attached hydrogens (tertiary/aromatic N) is 5. The molecule has 1 atom stereocenters. The van der Waals surface area contributed by atoms with Crippen LogP contribution in [0.25, 0.3) is 10.8 Å². The number of carboxylic acid groups (broad SMARTS) is 1. The number of phenols is 1. The van der Waals surface area contributed by atoms with Crippen molar-refractivity contribution in [1.82, 2.24) is 20.2 Å². The maximum absolute atomic E-state index is 13.3. The molecular weight excluding hydrogens is 636 g/mol. The van der Waals surface area contributed by atoms with Crippen LogP contribution in [0.1, 0.15) is 42.7 Å². The van der Waals surface area contributed by atoms with E-state index in [4.69, 9.17) is 9.84 Å². The van der Waals surface area contributed by atoms with Gasteiger partial charge in [-0.05, 0) is 64.9 Å². The van der Waals surface area contributed by atoms with Crippen molar-refractivity contribution < 1.29 is 29.5 Å². The van der Waals surface area contributed by atoms with Crippen molar-refractivity contribution in [2.45, 2.75) is 17.3 Å². The predicted octanol–water partition coefficient (Wildman–Crippen LogP) is 6.91. The Hall–Kier alpha value is -6.28. The fourth-order valence-corrected chi connectivity index (χ4v) is 6.08. The Labute approximate surface area is 277 Å². The molecule has 0 fully saturated rings. The summed E-state index contributed by atoms with van der Waals surface area (Å²) in [6, 6.07) is 25.9. The molecule has 1 heterocycles. The summed E-state index contributed by atoms with van der Waals surface area (Å²) >= 11 is 1.34. The maximum atomic E-state index is 13.3. The summed E-state index contributed by atoms with van der Waals surface area (Å²) in [7, 11) is 1.71. The lowest BCUT2D eigenvalue weighted by molar-refractivity contribution is -0.385. The minimum absolute atomic E-state index is 0.0410. The Bertz CT molecular complexity index is 2190. The SMILES string of the molecule is Cc1ccc(C(Sc2nnnn2C)c2ccc(Oc3cc(C(=O)Nc4ccc(C(=O)O)cc4)c(O)c4ccccc34)c([N+](=O)[O-])c2)cc1. The number of carbonyl (C=O) groups is 2. The van der Waals surface area contributed by atoms with E-state index >= 15 is 0 Å². The molecule has 0 saturated heterocycles. The summed E-state index contributed by atoms with van der Waals surface area (Å²) in [4.78, 5) is 36.4. The molecule has 5 aromatic carbocycles. The molecule has 48 heavy (non-hydrogen) atoms. The number of tetrazole rings is 1. The van der Waals surface area contributed by atoms with Crippen molar-refractivity contribution >= 4 is 45.8 Å². The number of amides is 1. The number of hydrogen-bond donors (Lipinski definition) is 3. The van der Waals surface area contributed by atoms with Crippen LogP contribution in [0.4, 0.5) is 11.4 Å². The highest BCUT2D eigenvalue weighted by Gasteiger charge is 2.26. The van der Waals surface area contributed by atoms with Crippen molar-refractivity contribution in [3.05, 3.63) is 135 Å². The van der Waals surface area contributed by atoms with Gasteiger partial charge >= 0.3 is 11.7 Å². The zero-order valence-electron chi connectivity index (χ0n) is 25.4. The van der Waals surface area contributed by atoms with Crippen LogP contribution in [0, 0.1) is 17.0 Å². The van der Waals surface area contributed by atoms with Crippen LogP contribution in [-0.4, -0.2) is 47.2 Å². The number of hydrogen-bond acceptors (Lipinski definition) is 10. The summed E-state index contributed by atoms with van der Waals surface area (Å²) in [5.41, 5.74) is 2.41. The number of phenolic OH excluding ortho intramolecular Hbond substituents is 1. The van der Waals surface area contributed by atoms with E-state index < -0.39 is 22.0 Å². The Kier molecular flexibility index (Phi) is 8.73. The summed E-state index contributed by atoms with van der Waals surface area (Å²) in [5.74, 6) is -2.12. The van der Waals surface area contributed by atoms with Gasteiger partial charge in [-0.3, -0.25) is 14.9 Å². The van der Waals surface area contributed by atoms with Gasteiger partial charge in [0.2, 0.25) is 10.9 Å².